The molecular weight excluding hydrogens is 250 g/mol. The Labute approximate surface area is 111 Å². The van der Waals surface area contributed by atoms with Crippen LogP contribution in [0.3, 0.4) is 0 Å². The summed E-state index contributed by atoms with van der Waals surface area (Å²) in [5.41, 5.74) is 0.0208. The Kier molecular flexibility index (Phi) is 7.17. The van der Waals surface area contributed by atoms with E-state index in [1.807, 2.05) is 11.8 Å². The topological polar surface area (TPSA) is 75.1 Å². The van der Waals surface area contributed by atoms with Crippen LogP contribution in [0.2, 0.25) is 0 Å². The van der Waals surface area contributed by atoms with E-state index in [4.69, 9.17) is 5.11 Å². The van der Waals surface area contributed by atoms with Crippen LogP contribution < -0.4 is 5.32 Å². The lowest BCUT2D eigenvalue weighted by atomic mass is 10.2. The fourth-order valence-electron chi connectivity index (χ4n) is 1.49. The highest BCUT2D eigenvalue weighted by Crippen LogP contribution is 2.05. The van der Waals surface area contributed by atoms with Gasteiger partial charge in [-0.1, -0.05) is 12.8 Å². The minimum absolute atomic E-state index is 0.0208. The van der Waals surface area contributed by atoms with Crippen LogP contribution in [0.15, 0.2) is 12.3 Å². The van der Waals surface area contributed by atoms with Crippen molar-refractivity contribution in [3.63, 3.8) is 0 Å². The van der Waals surface area contributed by atoms with Crippen LogP contribution in [-0.2, 0) is 0 Å². The molecule has 6 heteroatoms. The van der Waals surface area contributed by atoms with Gasteiger partial charge >= 0.3 is 5.97 Å². The molecule has 1 rings (SSSR count). The fraction of sp³-hybridized carbons (Fsp3) is 0.583. The number of carboxylic acid groups (broad SMARTS) is 1. The second-order valence-corrected chi connectivity index (χ2v) is 4.89. The van der Waals surface area contributed by atoms with Crippen LogP contribution in [0, 0.1) is 0 Å². The fourth-order valence-corrected chi connectivity index (χ4v) is 1.98. The second kappa shape index (κ2) is 8.74. The van der Waals surface area contributed by atoms with E-state index >= 15 is 0 Å². The van der Waals surface area contributed by atoms with Gasteiger partial charge in [-0.3, -0.25) is 0 Å². The molecule has 0 aliphatic rings. The summed E-state index contributed by atoms with van der Waals surface area (Å²) in [7, 11) is 0. The van der Waals surface area contributed by atoms with E-state index < -0.39 is 5.97 Å². The van der Waals surface area contributed by atoms with Crippen molar-refractivity contribution in [1.29, 1.82) is 0 Å². The monoisotopic (exact) mass is 269 g/mol. The Morgan fingerprint density at radius 1 is 1.39 bits per heavy atom. The summed E-state index contributed by atoms with van der Waals surface area (Å²) in [6.45, 7) is 0.780. The Morgan fingerprint density at radius 2 is 2.17 bits per heavy atom. The molecule has 0 aliphatic heterocycles. The Bertz CT molecular complexity index is 374. The number of hydrogen-bond acceptors (Lipinski definition) is 5. The normalized spacial score (nSPS) is 10.3. The third kappa shape index (κ3) is 5.86. The highest BCUT2D eigenvalue weighted by Gasteiger charge is 2.05. The number of carbonyl (C=O) groups is 1. The molecule has 1 aromatic rings. The zero-order chi connectivity index (χ0) is 13.2. The number of unbranched alkanes of at least 4 members (excludes halogenated alkanes) is 3. The van der Waals surface area contributed by atoms with E-state index in [-0.39, 0.29) is 5.69 Å². The van der Waals surface area contributed by atoms with Crippen molar-refractivity contribution in [2.45, 2.75) is 25.7 Å². The first-order valence-corrected chi connectivity index (χ1v) is 7.42. The maximum absolute atomic E-state index is 10.7. The number of carboxylic acids is 1. The van der Waals surface area contributed by atoms with E-state index in [9.17, 15) is 4.79 Å². The Hall–Kier alpha value is -1.30. The molecule has 18 heavy (non-hydrogen) atoms. The Balaban J connectivity index is 2.19. The predicted octanol–water partition coefficient (Wildman–Crippen LogP) is 2.51. The van der Waals surface area contributed by atoms with Gasteiger partial charge in [-0.05, 0) is 30.9 Å². The first-order chi connectivity index (χ1) is 8.74. The minimum Gasteiger partial charge on any atom is -0.477 e. The molecule has 0 saturated carbocycles. The van der Waals surface area contributed by atoms with Crippen LogP contribution in [-0.4, -0.2) is 39.6 Å². The molecule has 0 bridgehead atoms. The largest absolute Gasteiger partial charge is 0.477 e. The van der Waals surface area contributed by atoms with Gasteiger partial charge in [-0.2, -0.15) is 11.8 Å². The number of aromatic carboxylic acids is 1. The van der Waals surface area contributed by atoms with Crippen LogP contribution >= 0.6 is 11.8 Å². The number of aromatic nitrogens is 2. The molecule has 0 aliphatic carbocycles. The molecule has 0 saturated heterocycles. The average molecular weight is 269 g/mol. The summed E-state index contributed by atoms with van der Waals surface area (Å²) in [6.07, 6.45) is 8.29. The van der Waals surface area contributed by atoms with E-state index in [0.29, 0.717) is 5.95 Å². The summed E-state index contributed by atoms with van der Waals surface area (Å²) >= 11 is 1.88. The van der Waals surface area contributed by atoms with Gasteiger partial charge in [-0.15, -0.1) is 0 Å². The molecule has 0 radical (unpaired) electrons. The Morgan fingerprint density at radius 3 is 2.89 bits per heavy atom. The van der Waals surface area contributed by atoms with E-state index in [1.54, 1.807) is 0 Å². The van der Waals surface area contributed by atoms with E-state index in [0.717, 1.165) is 13.0 Å². The van der Waals surface area contributed by atoms with Crippen LogP contribution in [0.4, 0.5) is 5.95 Å². The van der Waals surface area contributed by atoms with Gasteiger partial charge in [0.15, 0.2) is 5.69 Å². The smallest absolute Gasteiger partial charge is 0.354 e. The lowest BCUT2D eigenvalue weighted by Crippen LogP contribution is -2.08. The lowest BCUT2D eigenvalue weighted by Gasteiger charge is -2.04. The average Bonchev–Trinajstić information content (AvgIpc) is 2.38. The first kappa shape index (κ1) is 14.8. The first-order valence-electron chi connectivity index (χ1n) is 6.03. The minimum atomic E-state index is -1.03. The van der Waals surface area contributed by atoms with Gasteiger partial charge in [0.25, 0.3) is 0 Å². The number of nitrogens with zero attached hydrogens (tertiary/aromatic N) is 2. The quantitative estimate of drug-likeness (QED) is 0.671. The molecule has 0 spiro atoms. The molecular formula is C12H19N3O2S. The van der Waals surface area contributed by atoms with Crippen molar-refractivity contribution >= 4 is 23.7 Å². The summed E-state index contributed by atoms with van der Waals surface area (Å²) in [5.74, 6) is 0.577. The molecule has 1 aromatic heterocycles. The maximum atomic E-state index is 10.7. The van der Waals surface area contributed by atoms with Crippen molar-refractivity contribution in [2.75, 3.05) is 23.9 Å². The molecule has 0 aromatic carbocycles. The SMILES string of the molecule is CSCCCCCCNc1nccc(C(=O)O)n1. The standard InChI is InChI=1S/C12H19N3O2S/c1-18-9-5-3-2-4-7-13-12-14-8-6-10(15-12)11(16)17/h6,8H,2-5,7,9H2,1H3,(H,16,17)(H,13,14,15). The van der Waals surface area contributed by atoms with Gasteiger partial charge in [0.2, 0.25) is 5.95 Å². The van der Waals surface area contributed by atoms with Crippen molar-refractivity contribution < 1.29 is 9.90 Å². The summed E-state index contributed by atoms with van der Waals surface area (Å²) in [4.78, 5) is 18.6. The highest BCUT2D eigenvalue weighted by molar-refractivity contribution is 7.98. The van der Waals surface area contributed by atoms with Crippen LogP contribution in [0.5, 0.6) is 0 Å². The number of anilines is 1. The molecule has 0 atom stereocenters. The number of rotatable bonds is 9. The maximum Gasteiger partial charge on any atom is 0.354 e. The van der Waals surface area contributed by atoms with Crippen LogP contribution in [0.25, 0.3) is 0 Å². The second-order valence-electron chi connectivity index (χ2n) is 3.90. The third-order valence-electron chi connectivity index (χ3n) is 2.43. The molecule has 2 N–H and O–H groups in total. The van der Waals surface area contributed by atoms with Crippen molar-refractivity contribution in [3.05, 3.63) is 18.0 Å². The van der Waals surface area contributed by atoms with E-state index in [1.165, 1.54) is 37.3 Å². The molecule has 5 nitrogen and oxygen atoms in total. The number of hydrogen-bond donors (Lipinski definition) is 2. The highest BCUT2D eigenvalue weighted by atomic mass is 32.2. The number of thioether (sulfide) groups is 1. The van der Waals surface area contributed by atoms with Crippen molar-refractivity contribution in [3.8, 4) is 0 Å². The van der Waals surface area contributed by atoms with Gasteiger partial charge < -0.3 is 10.4 Å². The summed E-state index contributed by atoms with van der Waals surface area (Å²) < 4.78 is 0. The lowest BCUT2D eigenvalue weighted by molar-refractivity contribution is 0.0690. The third-order valence-corrected chi connectivity index (χ3v) is 3.13. The predicted molar refractivity (Wildman–Crippen MR) is 74.3 cm³/mol. The molecule has 1 heterocycles. The zero-order valence-electron chi connectivity index (χ0n) is 10.6. The summed E-state index contributed by atoms with van der Waals surface area (Å²) in [5, 5.41) is 11.8. The van der Waals surface area contributed by atoms with Crippen LogP contribution in [0.1, 0.15) is 36.2 Å². The molecule has 0 fully saturated rings. The van der Waals surface area contributed by atoms with Crippen molar-refractivity contribution in [1.82, 2.24) is 9.97 Å². The van der Waals surface area contributed by atoms with Crippen molar-refractivity contribution in [2.24, 2.45) is 0 Å². The molecule has 0 unspecified atom stereocenters. The van der Waals surface area contributed by atoms with Gasteiger partial charge in [0.1, 0.15) is 0 Å². The number of nitrogens with one attached hydrogen (secondary N) is 1. The van der Waals surface area contributed by atoms with E-state index in [2.05, 4.69) is 21.5 Å². The van der Waals surface area contributed by atoms with Gasteiger partial charge in [0.05, 0.1) is 0 Å². The van der Waals surface area contributed by atoms with Gasteiger partial charge in [0, 0.05) is 12.7 Å². The molecule has 0 amide bonds. The zero-order valence-corrected chi connectivity index (χ0v) is 11.4. The summed E-state index contributed by atoms with van der Waals surface area (Å²) in [6, 6.07) is 1.38. The molecule has 100 valence electrons. The van der Waals surface area contributed by atoms with Gasteiger partial charge in [-0.25, -0.2) is 14.8 Å².